The number of carbonyl (C=O) groups is 1. The van der Waals surface area contributed by atoms with E-state index in [2.05, 4.69) is 4.90 Å². The molecule has 0 spiro atoms. The van der Waals surface area contributed by atoms with E-state index < -0.39 is 0 Å². The van der Waals surface area contributed by atoms with Crippen LogP contribution in [0.3, 0.4) is 0 Å². The van der Waals surface area contributed by atoms with E-state index in [-0.39, 0.29) is 5.91 Å². The normalized spacial score (nSPS) is 26.5. The molecule has 0 aromatic heterocycles. The van der Waals surface area contributed by atoms with Crippen molar-refractivity contribution in [3.05, 3.63) is 29.3 Å². The van der Waals surface area contributed by atoms with E-state index in [1.165, 1.54) is 19.3 Å². The highest BCUT2D eigenvalue weighted by molar-refractivity contribution is 5.97. The van der Waals surface area contributed by atoms with Gasteiger partial charge in [-0.1, -0.05) is 6.07 Å². The second kappa shape index (κ2) is 3.76. The highest BCUT2D eigenvalue weighted by atomic mass is 16.2. The minimum atomic E-state index is 0.169. The molecule has 2 bridgehead atoms. The van der Waals surface area contributed by atoms with E-state index in [1.807, 2.05) is 25.1 Å². The third-order valence-electron chi connectivity index (χ3n) is 4.16. The predicted molar refractivity (Wildman–Crippen MR) is 67.8 cm³/mol. The summed E-state index contributed by atoms with van der Waals surface area (Å²) in [6, 6.07) is 6.07. The van der Waals surface area contributed by atoms with Crippen LogP contribution < -0.4 is 5.73 Å². The van der Waals surface area contributed by atoms with Crippen molar-refractivity contribution in [3.63, 3.8) is 0 Å². The molecule has 1 aromatic rings. The van der Waals surface area contributed by atoms with E-state index in [0.29, 0.717) is 11.7 Å². The molecule has 2 N–H and O–H groups in total. The Morgan fingerprint density at radius 2 is 2.24 bits per heavy atom. The fourth-order valence-corrected chi connectivity index (χ4v) is 3.20. The molecule has 1 aliphatic heterocycles. The topological polar surface area (TPSA) is 46.3 Å². The molecule has 1 aliphatic carbocycles. The molecule has 1 aromatic carbocycles. The number of nitrogens with zero attached hydrogens (tertiary/aromatic N) is 1. The molecule has 1 saturated heterocycles. The first kappa shape index (κ1) is 10.6. The molecule has 3 nitrogen and oxygen atoms in total. The summed E-state index contributed by atoms with van der Waals surface area (Å²) in [4.78, 5) is 14.5. The van der Waals surface area contributed by atoms with Crippen molar-refractivity contribution in [2.75, 3.05) is 12.3 Å². The molecule has 1 saturated carbocycles. The van der Waals surface area contributed by atoms with Gasteiger partial charge in [-0.05, 0) is 49.8 Å². The van der Waals surface area contributed by atoms with E-state index >= 15 is 0 Å². The summed E-state index contributed by atoms with van der Waals surface area (Å²) in [7, 11) is 0. The van der Waals surface area contributed by atoms with Crippen molar-refractivity contribution >= 4 is 11.6 Å². The second-order valence-corrected chi connectivity index (χ2v) is 5.36. The second-order valence-electron chi connectivity index (χ2n) is 5.36. The first-order valence-corrected chi connectivity index (χ1v) is 6.32. The van der Waals surface area contributed by atoms with Crippen molar-refractivity contribution in [2.24, 2.45) is 5.92 Å². The summed E-state index contributed by atoms with van der Waals surface area (Å²) in [6.45, 7) is 2.92. The molecule has 17 heavy (non-hydrogen) atoms. The zero-order valence-electron chi connectivity index (χ0n) is 10.1. The molecule has 2 unspecified atom stereocenters. The van der Waals surface area contributed by atoms with Crippen LogP contribution in [0.5, 0.6) is 0 Å². The molecular weight excluding hydrogens is 212 g/mol. The molecule has 2 atom stereocenters. The SMILES string of the molecule is Cc1ccc(N)cc1C(=O)N1CC2CCC1C2. The van der Waals surface area contributed by atoms with E-state index in [1.54, 1.807) is 0 Å². The van der Waals surface area contributed by atoms with E-state index in [4.69, 9.17) is 5.73 Å². The molecule has 1 heterocycles. The number of nitrogens with two attached hydrogens (primary N) is 1. The average molecular weight is 230 g/mol. The molecule has 0 radical (unpaired) electrons. The van der Waals surface area contributed by atoms with Crippen LogP contribution in [0.15, 0.2) is 18.2 Å². The number of hydrogen-bond acceptors (Lipinski definition) is 2. The van der Waals surface area contributed by atoms with Crippen molar-refractivity contribution in [1.82, 2.24) is 4.90 Å². The number of fused-ring (bicyclic) bond motifs is 2. The third-order valence-corrected chi connectivity index (χ3v) is 4.16. The lowest BCUT2D eigenvalue weighted by Gasteiger charge is -2.27. The van der Waals surface area contributed by atoms with Gasteiger partial charge < -0.3 is 10.6 Å². The zero-order valence-corrected chi connectivity index (χ0v) is 10.1. The number of likely N-dealkylation sites (tertiary alicyclic amines) is 1. The summed E-state index contributed by atoms with van der Waals surface area (Å²) >= 11 is 0. The van der Waals surface area contributed by atoms with Gasteiger partial charge in [-0.15, -0.1) is 0 Å². The molecule has 2 aliphatic rings. The standard InChI is InChI=1S/C14H18N2O/c1-9-2-4-11(15)7-13(9)14(17)16-8-10-3-5-12(16)6-10/h2,4,7,10,12H,3,5-6,8,15H2,1H3. The number of aryl methyl sites for hydroxylation is 1. The maximum atomic E-state index is 12.5. The predicted octanol–water partition coefficient (Wildman–Crippen LogP) is 2.20. The molecule has 3 rings (SSSR count). The van der Waals surface area contributed by atoms with Crippen LogP contribution in [0.2, 0.25) is 0 Å². The first-order chi connectivity index (χ1) is 8.15. The molecule has 3 heteroatoms. The fourth-order valence-electron chi connectivity index (χ4n) is 3.20. The molecule has 90 valence electrons. The number of anilines is 1. The Morgan fingerprint density at radius 3 is 2.88 bits per heavy atom. The summed E-state index contributed by atoms with van der Waals surface area (Å²) in [5.74, 6) is 0.910. The first-order valence-electron chi connectivity index (χ1n) is 6.32. The fraction of sp³-hybridized carbons (Fsp3) is 0.500. The Morgan fingerprint density at radius 1 is 1.41 bits per heavy atom. The molecule has 1 amide bonds. The monoisotopic (exact) mass is 230 g/mol. The Labute approximate surface area is 102 Å². The van der Waals surface area contributed by atoms with Crippen LogP contribution >= 0.6 is 0 Å². The van der Waals surface area contributed by atoms with Crippen LogP contribution in [-0.2, 0) is 0 Å². The third kappa shape index (κ3) is 1.70. The van der Waals surface area contributed by atoms with Crippen LogP contribution in [-0.4, -0.2) is 23.4 Å². The van der Waals surface area contributed by atoms with Gasteiger partial charge in [0.25, 0.3) is 5.91 Å². The average Bonchev–Trinajstić information content (AvgIpc) is 2.93. The quantitative estimate of drug-likeness (QED) is 0.752. The van der Waals surface area contributed by atoms with Crippen molar-refractivity contribution in [3.8, 4) is 0 Å². The van der Waals surface area contributed by atoms with Crippen LogP contribution in [0.1, 0.15) is 35.2 Å². The van der Waals surface area contributed by atoms with Gasteiger partial charge in [0.1, 0.15) is 0 Å². The summed E-state index contributed by atoms with van der Waals surface area (Å²) in [6.07, 6.45) is 3.68. The summed E-state index contributed by atoms with van der Waals surface area (Å²) in [5, 5.41) is 0. The van der Waals surface area contributed by atoms with Gasteiger partial charge in [-0.2, -0.15) is 0 Å². The molecule has 2 fully saturated rings. The summed E-state index contributed by atoms with van der Waals surface area (Å²) < 4.78 is 0. The number of rotatable bonds is 1. The number of hydrogen-bond donors (Lipinski definition) is 1. The van der Waals surface area contributed by atoms with Gasteiger partial charge in [-0.3, -0.25) is 4.79 Å². The van der Waals surface area contributed by atoms with Crippen molar-refractivity contribution in [1.29, 1.82) is 0 Å². The number of benzene rings is 1. The zero-order chi connectivity index (χ0) is 12.0. The van der Waals surface area contributed by atoms with Crippen LogP contribution in [0.4, 0.5) is 5.69 Å². The lowest BCUT2D eigenvalue weighted by Crippen LogP contribution is -2.38. The smallest absolute Gasteiger partial charge is 0.254 e. The van der Waals surface area contributed by atoms with Gasteiger partial charge in [0.2, 0.25) is 0 Å². The highest BCUT2D eigenvalue weighted by Gasteiger charge is 2.40. The van der Waals surface area contributed by atoms with Gasteiger partial charge in [0.15, 0.2) is 0 Å². The molecular formula is C14H18N2O. The van der Waals surface area contributed by atoms with E-state index in [9.17, 15) is 4.79 Å². The summed E-state index contributed by atoms with van der Waals surface area (Å²) in [5.41, 5.74) is 8.23. The number of amides is 1. The minimum absolute atomic E-state index is 0.169. The largest absolute Gasteiger partial charge is 0.399 e. The van der Waals surface area contributed by atoms with Gasteiger partial charge in [0.05, 0.1) is 0 Å². The number of nitrogen functional groups attached to an aromatic ring is 1. The van der Waals surface area contributed by atoms with Gasteiger partial charge in [-0.25, -0.2) is 0 Å². The number of piperidine rings is 1. The lowest BCUT2D eigenvalue weighted by molar-refractivity contribution is 0.0703. The van der Waals surface area contributed by atoms with Crippen molar-refractivity contribution in [2.45, 2.75) is 32.2 Å². The van der Waals surface area contributed by atoms with Crippen LogP contribution in [0, 0.1) is 12.8 Å². The maximum absolute atomic E-state index is 12.5. The minimum Gasteiger partial charge on any atom is -0.399 e. The lowest BCUT2D eigenvalue weighted by atomic mass is 10.0. The van der Waals surface area contributed by atoms with E-state index in [0.717, 1.165) is 23.6 Å². The Balaban J connectivity index is 1.89. The Hall–Kier alpha value is -1.51. The Kier molecular flexibility index (Phi) is 2.35. The maximum Gasteiger partial charge on any atom is 0.254 e. The highest BCUT2D eigenvalue weighted by Crippen LogP contribution is 2.38. The van der Waals surface area contributed by atoms with Crippen LogP contribution in [0.25, 0.3) is 0 Å². The van der Waals surface area contributed by atoms with Gasteiger partial charge >= 0.3 is 0 Å². The van der Waals surface area contributed by atoms with Gasteiger partial charge in [0, 0.05) is 23.8 Å². The Bertz CT molecular complexity index is 469. The number of carbonyl (C=O) groups excluding carboxylic acids is 1. The van der Waals surface area contributed by atoms with Crippen molar-refractivity contribution < 1.29 is 4.79 Å².